The summed E-state index contributed by atoms with van der Waals surface area (Å²) in [6.45, 7) is 3.91. The molecular formula is C16H32F4N2O3S+2. The third-order valence-corrected chi connectivity index (χ3v) is 6.62. The molecule has 10 heteroatoms. The summed E-state index contributed by atoms with van der Waals surface area (Å²) in [5, 5.41) is -5.53. The zero-order valence-corrected chi connectivity index (χ0v) is 16.8. The van der Waals surface area contributed by atoms with Gasteiger partial charge in [-0.05, 0) is 19.8 Å². The fourth-order valence-electron chi connectivity index (χ4n) is 3.79. The number of quaternary nitrogens is 2. The standard InChI is InChI=1S/C16H31F4N2O3S/c1-5-6-7-10-21(3,4)12-13-22(11-8-9-14(22)2)15(17,18)16(19,20)26(23,24)25/h14H,5-13H2,1-4H3/q+1/p+1. The summed E-state index contributed by atoms with van der Waals surface area (Å²) in [6, 6.07) is -5.73. The summed E-state index contributed by atoms with van der Waals surface area (Å²) < 4.78 is 87.6. The predicted molar refractivity (Wildman–Crippen MR) is 91.5 cm³/mol. The molecule has 0 aromatic carbocycles. The Morgan fingerprint density at radius 1 is 1.15 bits per heavy atom. The zero-order valence-electron chi connectivity index (χ0n) is 16.0. The normalized spacial score (nSPS) is 25.7. The van der Waals surface area contributed by atoms with Gasteiger partial charge in [0, 0.05) is 12.8 Å². The van der Waals surface area contributed by atoms with Gasteiger partial charge in [-0.15, -0.1) is 8.78 Å². The Morgan fingerprint density at radius 3 is 2.15 bits per heavy atom. The third kappa shape index (κ3) is 4.34. The smallest absolute Gasteiger partial charge is 0.324 e. The van der Waals surface area contributed by atoms with Crippen LogP contribution >= 0.6 is 0 Å². The minimum absolute atomic E-state index is 0.213. The molecule has 1 N–H and O–H groups in total. The molecule has 26 heavy (non-hydrogen) atoms. The number of nitrogens with zero attached hydrogens (tertiary/aromatic N) is 2. The number of alkyl halides is 4. The van der Waals surface area contributed by atoms with E-state index in [0.717, 1.165) is 25.8 Å². The molecule has 1 aliphatic rings. The second-order valence-electron chi connectivity index (χ2n) is 8.10. The first-order valence-corrected chi connectivity index (χ1v) is 10.5. The molecule has 0 aromatic rings. The second kappa shape index (κ2) is 7.89. The quantitative estimate of drug-likeness (QED) is 0.198. The lowest BCUT2D eigenvalue weighted by Gasteiger charge is -2.46. The first-order valence-electron chi connectivity index (χ1n) is 9.06. The van der Waals surface area contributed by atoms with E-state index in [2.05, 4.69) is 0 Å². The van der Waals surface area contributed by atoms with Crippen molar-refractivity contribution in [3.8, 4) is 0 Å². The molecule has 1 saturated heterocycles. The Hall–Kier alpha value is -0.450. The van der Waals surface area contributed by atoms with Gasteiger partial charge in [-0.1, -0.05) is 13.3 Å². The highest BCUT2D eigenvalue weighted by Crippen LogP contribution is 2.49. The van der Waals surface area contributed by atoms with E-state index in [-0.39, 0.29) is 19.6 Å². The van der Waals surface area contributed by atoms with E-state index < -0.39 is 31.9 Å². The van der Waals surface area contributed by atoms with Crippen molar-refractivity contribution in [1.82, 2.24) is 0 Å². The van der Waals surface area contributed by atoms with Crippen LogP contribution in [0.5, 0.6) is 0 Å². The summed E-state index contributed by atoms with van der Waals surface area (Å²) in [4.78, 5) is 0. The Bertz CT molecular complexity index is 584. The monoisotopic (exact) mass is 408 g/mol. The molecule has 2 unspecified atom stereocenters. The molecule has 0 radical (unpaired) electrons. The van der Waals surface area contributed by atoms with Gasteiger partial charge in [0.15, 0.2) is 0 Å². The Balaban J connectivity index is 3.13. The van der Waals surface area contributed by atoms with Crippen molar-refractivity contribution < 1.29 is 39.5 Å². The van der Waals surface area contributed by atoms with Crippen LogP contribution in [0.25, 0.3) is 0 Å². The maximum atomic E-state index is 14.9. The summed E-state index contributed by atoms with van der Waals surface area (Å²) in [5.41, 5.74) is 0. The number of halogens is 4. The van der Waals surface area contributed by atoms with Gasteiger partial charge in [-0.3, -0.25) is 4.55 Å². The average molecular weight is 409 g/mol. The van der Waals surface area contributed by atoms with Crippen LogP contribution < -0.4 is 0 Å². The van der Waals surface area contributed by atoms with Crippen LogP contribution in [0.2, 0.25) is 0 Å². The van der Waals surface area contributed by atoms with E-state index in [4.69, 9.17) is 4.55 Å². The molecule has 156 valence electrons. The predicted octanol–water partition coefficient (Wildman–Crippen LogP) is 3.33. The van der Waals surface area contributed by atoms with Crippen LogP contribution in [0, 0.1) is 0 Å². The number of unbranched alkanes of at least 4 members (excludes halogenated alkanes) is 2. The van der Waals surface area contributed by atoms with Crippen LogP contribution in [0.15, 0.2) is 0 Å². The van der Waals surface area contributed by atoms with Gasteiger partial charge < -0.3 is 4.48 Å². The molecule has 1 rings (SSSR count). The highest BCUT2D eigenvalue weighted by Gasteiger charge is 2.78. The Morgan fingerprint density at radius 2 is 1.73 bits per heavy atom. The molecule has 0 saturated carbocycles. The number of likely N-dealkylation sites (N-methyl/N-ethyl adjacent to an activating group) is 1. The molecule has 1 aliphatic heterocycles. The number of rotatable bonds is 10. The number of hydrogen-bond donors (Lipinski definition) is 1. The number of likely N-dealkylation sites (tertiary alicyclic amines) is 1. The van der Waals surface area contributed by atoms with Gasteiger partial charge in [0.05, 0.1) is 33.2 Å². The zero-order chi connectivity index (χ0) is 20.4. The first kappa shape index (κ1) is 23.6. The Kier molecular flexibility index (Phi) is 7.16. The van der Waals surface area contributed by atoms with Crippen molar-refractivity contribution >= 4 is 10.1 Å². The fourth-order valence-corrected chi connectivity index (χ4v) is 4.28. The van der Waals surface area contributed by atoms with E-state index in [9.17, 15) is 26.0 Å². The minimum atomic E-state index is -6.23. The molecule has 0 amide bonds. The van der Waals surface area contributed by atoms with Crippen molar-refractivity contribution in [2.45, 2.75) is 63.3 Å². The highest BCUT2D eigenvalue weighted by atomic mass is 32.2. The van der Waals surface area contributed by atoms with Crippen LogP contribution in [-0.2, 0) is 10.1 Å². The van der Waals surface area contributed by atoms with Crippen LogP contribution in [-0.4, -0.2) is 79.6 Å². The van der Waals surface area contributed by atoms with E-state index in [1.807, 2.05) is 21.0 Å². The third-order valence-electron chi connectivity index (χ3n) is 5.73. The van der Waals surface area contributed by atoms with E-state index in [0.29, 0.717) is 17.3 Å². The van der Waals surface area contributed by atoms with Gasteiger partial charge in [-0.25, -0.2) is 4.48 Å². The maximum Gasteiger partial charge on any atom is 0.490 e. The van der Waals surface area contributed by atoms with Crippen molar-refractivity contribution in [3.05, 3.63) is 0 Å². The van der Waals surface area contributed by atoms with Gasteiger partial charge >= 0.3 is 21.4 Å². The molecule has 0 aliphatic carbocycles. The maximum absolute atomic E-state index is 14.9. The molecule has 0 bridgehead atoms. The molecule has 0 spiro atoms. The van der Waals surface area contributed by atoms with E-state index in [1.54, 1.807) is 0 Å². The Labute approximate surface area is 153 Å². The van der Waals surface area contributed by atoms with Crippen molar-refractivity contribution in [2.75, 3.05) is 40.3 Å². The van der Waals surface area contributed by atoms with Crippen molar-refractivity contribution in [2.24, 2.45) is 0 Å². The molecule has 1 fully saturated rings. The van der Waals surface area contributed by atoms with Gasteiger partial charge in [-0.2, -0.15) is 17.2 Å². The second-order valence-corrected chi connectivity index (χ2v) is 9.56. The lowest BCUT2D eigenvalue weighted by Crippen LogP contribution is -2.72. The SMILES string of the molecule is CCCCC[N+](C)(C)CC[N+]1(C(F)(F)C(F)(F)S(=O)(=O)O)CCCC1C. The lowest BCUT2D eigenvalue weighted by molar-refractivity contribution is -1.04. The summed E-state index contributed by atoms with van der Waals surface area (Å²) in [7, 11) is -2.53. The fraction of sp³-hybridized carbons (Fsp3) is 1.00. The van der Waals surface area contributed by atoms with Gasteiger partial charge in [0.25, 0.3) is 0 Å². The molecule has 0 aromatic heterocycles. The molecule has 1 heterocycles. The van der Waals surface area contributed by atoms with Crippen LogP contribution in [0.4, 0.5) is 17.6 Å². The van der Waals surface area contributed by atoms with Crippen LogP contribution in [0.1, 0.15) is 46.0 Å². The van der Waals surface area contributed by atoms with Gasteiger partial charge in [0.1, 0.15) is 13.1 Å². The molecule has 5 nitrogen and oxygen atoms in total. The summed E-state index contributed by atoms with van der Waals surface area (Å²) in [6.07, 6.45) is 3.52. The van der Waals surface area contributed by atoms with Crippen LogP contribution in [0.3, 0.4) is 0 Å². The summed E-state index contributed by atoms with van der Waals surface area (Å²) >= 11 is 0. The summed E-state index contributed by atoms with van der Waals surface area (Å²) in [5.74, 6) is 0. The average Bonchev–Trinajstić information content (AvgIpc) is 2.86. The topological polar surface area (TPSA) is 54.4 Å². The van der Waals surface area contributed by atoms with Gasteiger partial charge in [0.2, 0.25) is 0 Å². The van der Waals surface area contributed by atoms with Crippen molar-refractivity contribution in [1.29, 1.82) is 0 Å². The van der Waals surface area contributed by atoms with E-state index in [1.165, 1.54) is 6.92 Å². The van der Waals surface area contributed by atoms with Crippen molar-refractivity contribution in [3.63, 3.8) is 0 Å². The minimum Gasteiger partial charge on any atom is -0.324 e. The lowest BCUT2D eigenvalue weighted by atomic mass is 10.2. The van der Waals surface area contributed by atoms with E-state index >= 15 is 0 Å². The number of hydrogen-bond acceptors (Lipinski definition) is 2. The molecular weight excluding hydrogens is 376 g/mol. The first-order chi connectivity index (χ1) is 11.6. The highest BCUT2D eigenvalue weighted by molar-refractivity contribution is 7.86. The molecule has 2 atom stereocenters. The largest absolute Gasteiger partial charge is 0.490 e.